The number of unbranched alkanes of at least 4 members (excludes halogenated alkanes) is 2. The third-order valence-corrected chi connectivity index (χ3v) is 6.51. The van der Waals surface area contributed by atoms with E-state index in [1.807, 2.05) is 37.3 Å². The summed E-state index contributed by atoms with van der Waals surface area (Å²) in [5.41, 5.74) is 4.54. The van der Waals surface area contributed by atoms with Gasteiger partial charge in [-0.1, -0.05) is 50.1 Å². The van der Waals surface area contributed by atoms with Gasteiger partial charge in [-0.3, -0.25) is 9.32 Å². The number of rotatable bonds is 9. The lowest BCUT2D eigenvalue weighted by atomic mass is 9.91. The van der Waals surface area contributed by atoms with Gasteiger partial charge in [0.1, 0.15) is 17.3 Å². The molecule has 0 aliphatic carbocycles. The number of aryl methyl sites for hydroxylation is 2. The average Bonchev–Trinajstić information content (AvgIpc) is 2.65. The summed E-state index contributed by atoms with van der Waals surface area (Å²) in [7, 11) is -3.68. The molecule has 0 fully saturated rings. The minimum atomic E-state index is -3.68. The van der Waals surface area contributed by atoms with E-state index in [0.29, 0.717) is 22.8 Å². The summed E-state index contributed by atoms with van der Waals surface area (Å²) < 4.78 is 36.3. The molecule has 7 heteroatoms. The summed E-state index contributed by atoms with van der Waals surface area (Å²) in [6, 6.07) is 9.89. The molecule has 178 valence electrons. The molecular formula is C26H33O6P. The number of hydrogen-bond acceptors (Lipinski definition) is 6. The molecule has 0 spiro atoms. The van der Waals surface area contributed by atoms with Crippen LogP contribution in [0.15, 0.2) is 36.9 Å². The predicted molar refractivity (Wildman–Crippen MR) is 131 cm³/mol. The van der Waals surface area contributed by atoms with E-state index in [2.05, 4.69) is 13.5 Å². The van der Waals surface area contributed by atoms with Crippen molar-refractivity contribution in [1.82, 2.24) is 0 Å². The molecule has 0 aromatic heterocycles. The van der Waals surface area contributed by atoms with Crippen LogP contribution in [-0.2, 0) is 25.0 Å². The van der Waals surface area contributed by atoms with Crippen LogP contribution in [0.3, 0.4) is 0 Å². The molecule has 0 N–H and O–H groups in total. The Morgan fingerprint density at radius 2 is 1.88 bits per heavy atom. The van der Waals surface area contributed by atoms with Gasteiger partial charge in [-0.05, 0) is 37.5 Å². The van der Waals surface area contributed by atoms with E-state index in [1.165, 1.54) is 27.4 Å². The summed E-state index contributed by atoms with van der Waals surface area (Å²) in [6.07, 6.45) is 4.07. The zero-order valence-corrected chi connectivity index (χ0v) is 21.2. The molecule has 0 amide bonds. The zero-order chi connectivity index (χ0) is 24.4. The van der Waals surface area contributed by atoms with Gasteiger partial charge in [0.05, 0.1) is 12.2 Å². The Hall–Kier alpha value is -2.56. The number of benzene rings is 2. The van der Waals surface area contributed by atoms with Gasteiger partial charge in [0.2, 0.25) is 5.79 Å². The van der Waals surface area contributed by atoms with E-state index in [4.69, 9.17) is 18.5 Å². The Balaban J connectivity index is 2.07. The molecule has 1 aliphatic heterocycles. The molecule has 0 saturated carbocycles. The third-order valence-electron chi connectivity index (χ3n) is 5.21. The fourth-order valence-electron chi connectivity index (χ4n) is 4.04. The monoisotopic (exact) mass is 472 g/mol. The van der Waals surface area contributed by atoms with E-state index in [0.717, 1.165) is 47.9 Å². The van der Waals surface area contributed by atoms with E-state index in [-0.39, 0.29) is 0 Å². The van der Waals surface area contributed by atoms with Crippen molar-refractivity contribution in [2.24, 2.45) is 0 Å². The molecule has 2 aromatic carbocycles. The van der Waals surface area contributed by atoms with E-state index >= 15 is 0 Å². The molecular weight excluding hydrogens is 439 g/mol. The van der Waals surface area contributed by atoms with Gasteiger partial charge in [0.25, 0.3) is 0 Å². The highest BCUT2D eigenvalue weighted by atomic mass is 31.2. The van der Waals surface area contributed by atoms with Crippen molar-refractivity contribution in [2.45, 2.75) is 66.1 Å². The molecule has 3 rings (SSSR count). The fourth-order valence-corrected chi connectivity index (χ4v) is 5.42. The Kier molecular flexibility index (Phi) is 7.40. The van der Waals surface area contributed by atoms with Gasteiger partial charge in [-0.15, -0.1) is 0 Å². The van der Waals surface area contributed by atoms with Crippen molar-refractivity contribution in [1.29, 1.82) is 0 Å². The Morgan fingerprint density at radius 3 is 2.55 bits per heavy atom. The molecule has 33 heavy (non-hydrogen) atoms. The number of ether oxygens (including phenoxy) is 2. The lowest BCUT2D eigenvalue weighted by Gasteiger charge is -2.30. The number of carbonyl (C=O) groups excluding carboxylic acids is 1. The average molecular weight is 473 g/mol. The first kappa shape index (κ1) is 25.1. The van der Waals surface area contributed by atoms with Crippen LogP contribution in [0.2, 0.25) is 0 Å². The molecule has 1 unspecified atom stereocenters. The lowest BCUT2D eigenvalue weighted by Crippen LogP contribution is -2.29. The van der Waals surface area contributed by atoms with Crippen LogP contribution in [-0.4, -0.2) is 18.4 Å². The van der Waals surface area contributed by atoms with Crippen LogP contribution in [0.5, 0.6) is 11.5 Å². The number of esters is 1. The van der Waals surface area contributed by atoms with Crippen molar-refractivity contribution in [3.8, 4) is 22.6 Å². The second kappa shape index (κ2) is 9.74. The first-order valence-corrected chi connectivity index (χ1v) is 13.2. The molecule has 1 atom stereocenters. The molecule has 6 nitrogen and oxygen atoms in total. The second-order valence-corrected chi connectivity index (χ2v) is 10.9. The van der Waals surface area contributed by atoms with Crippen molar-refractivity contribution in [3.63, 3.8) is 0 Å². The smallest absolute Gasteiger partial charge is 0.379 e. The van der Waals surface area contributed by atoms with Crippen molar-refractivity contribution in [3.05, 3.63) is 53.6 Å². The quantitative estimate of drug-likeness (QED) is 0.165. The topological polar surface area (TPSA) is 71.1 Å². The summed E-state index contributed by atoms with van der Waals surface area (Å²) in [5, 5.41) is 0. The highest BCUT2D eigenvalue weighted by Gasteiger charge is 2.35. The minimum absolute atomic E-state index is 0.405. The van der Waals surface area contributed by atoms with Crippen LogP contribution in [0.25, 0.3) is 16.9 Å². The van der Waals surface area contributed by atoms with Crippen LogP contribution in [0, 0.1) is 6.92 Å². The van der Waals surface area contributed by atoms with Crippen LogP contribution in [0.4, 0.5) is 0 Å². The normalized spacial score (nSPS) is 14.5. The van der Waals surface area contributed by atoms with Crippen LogP contribution in [0.1, 0.15) is 63.6 Å². The maximum atomic E-state index is 13.4. The molecule has 1 heterocycles. The van der Waals surface area contributed by atoms with E-state index in [9.17, 15) is 9.36 Å². The van der Waals surface area contributed by atoms with Crippen LogP contribution >= 0.6 is 7.60 Å². The summed E-state index contributed by atoms with van der Waals surface area (Å²) in [5.74, 6) is -0.370. The second-order valence-electron chi connectivity index (χ2n) is 8.95. The largest absolute Gasteiger partial charge is 0.457 e. The van der Waals surface area contributed by atoms with Crippen molar-refractivity contribution in [2.75, 3.05) is 6.66 Å². The number of hydrogen-bond donors (Lipinski definition) is 0. The third kappa shape index (κ3) is 6.27. The molecule has 2 aromatic rings. The molecule has 0 saturated heterocycles. The maximum Gasteiger partial charge on any atom is 0.379 e. The Bertz CT molecular complexity index is 1120. The maximum absolute atomic E-state index is 13.4. The van der Waals surface area contributed by atoms with Gasteiger partial charge < -0.3 is 14.0 Å². The van der Waals surface area contributed by atoms with Gasteiger partial charge in [0.15, 0.2) is 0 Å². The minimum Gasteiger partial charge on any atom is -0.457 e. The van der Waals surface area contributed by atoms with Gasteiger partial charge in [0, 0.05) is 31.9 Å². The summed E-state index contributed by atoms with van der Waals surface area (Å²) >= 11 is 0. The van der Waals surface area contributed by atoms with Crippen LogP contribution < -0.4 is 9.26 Å². The van der Waals surface area contributed by atoms with Gasteiger partial charge >= 0.3 is 13.6 Å². The standard InChI is InChI=1S/C26H33O6P/c1-8-9-10-11-20-15-23-25(22-14-17(2)12-13-21(22)18(3)29-23)24(16-20)31-33(7,28)32-26(5,6)30-19(4)27/h12-16H,3,8-11H2,1-2,4-7H3. The summed E-state index contributed by atoms with van der Waals surface area (Å²) in [6.45, 7) is 13.9. The van der Waals surface area contributed by atoms with Crippen molar-refractivity contribution < 1.29 is 27.9 Å². The number of fused-ring (bicyclic) bond motifs is 3. The first-order chi connectivity index (χ1) is 15.4. The lowest BCUT2D eigenvalue weighted by molar-refractivity contribution is -0.184. The SMILES string of the molecule is C=C1Oc2cc(CCCCC)cc(OP(C)(=O)OC(C)(C)OC(C)=O)c2-c2cc(C)ccc21. The zero-order valence-electron chi connectivity index (χ0n) is 20.3. The Morgan fingerprint density at radius 1 is 1.15 bits per heavy atom. The Labute approximate surface area is 196 Å². The van der Waals surface area contributed by atoms with E-state index in [1.54, 1.807) is 0 Å². The first-order valence-electron chi connectivity index (χ1n) is 11.2. The molecule has 0 bridgehead atoms. The van der Waals surface area contributed by atoms with E-state index < -0.39 is 19.4 Å². The van der Waals surface area contributed by atoms with Gasteiger partial charge in [-0.25, -0.2) is 4.57 Å². The highest BCUT2D eigenvalue weighted by molar-refractivity contribution is 7.53. The highest BCUT2D eigenvalue weighted by Crippen LogP contribution is 2.54. The fraction of sp³-hybridized carbons (Fsp3) is 0.423. The number of carbonyl (C=O) groups is 1. The van der Waals surface area contributed by atoms with Crippen molar-refractivity contribution >= 4 is 19.3 Å². The predicted octanol–water partition coefficient (Wildman–Crippen LogP) is 7.28. The van der Waals surface area contributed by atoms with Gasteiger partial charge in [-0.2, -0.15) is 0 Å². The summed E-state index contributed by atoms with van der Waals surface area (Å²) in [4.78, 5) is 11.4. The molecule has 1 aliphatic rings. The molecule has 0 radical (unpaired) electrons.